The van der Waals surface area contributed by atoms with Crippen molar-refractivity contribution < 1.29 is 14.0 Å². The predicted molar refractivity (Wildman–Crippen MR) is 98.1 cm³/mol. The van der Waals surface area contributed by atoms with Crippen LogP contribution in [0.5, 0.6) is 0 Å². The quantitative estimate of drug-likeness (QED) is 0.687. The molecule has 0 aliphatic heterocycles. The van der Waals surface area contributed by atoms with Crippen LogP contribution in [0.3, 0.4) is 0 Å². The molecule has 3 aromatic heterocycles. The summed E-state index contributed by atoms with van der Waals surface area (Å²) in [6.45, 7) is 3.73. The SMILES string of the molecule is Cc1ccc(C(C)NC(=O)Cc2csc(NC(=O)c3cccs3)n2)o1. The summed E-state index contributed by atoms with van der Waals surface area (Å²) in [6, 6.07) is 7.07. The lowest BCUT2D eigenvalue weighted by atomic mass is 10.2. The van der Waals surface area contributed by atoms with Gasteiger partial charge in [-0.15, -0.1) is 22.7 Å². The number of furan rings is 1. The maximum atomic E-state index is 12.1. The van der Waals surface area contributed by atoms with E-state index in [9.17, 15) is 9.59 Å². The number of aryl methyl sites for hydroxylation is 1. The maximum Gasteiger partial charge on any atom is 0.267 e. The van der Waals surface area contributed by atoms with E-state index in [1.807, 2.05) is 37.4 Å². The molecule has 0 spiro atoms. The molecule has 0 saturated heterocycles. The Bertz CT molecular complexity index is 867. The molecule has 3 aromatic rings. The normalized spacial score (nSPS) is 11.9. The Labute approximate surface area is 152 Å². The Balaban J connectivity index is 1.54. The number of aromatic nitrogens is 1. The molecule has 3 rings (SSSR count). The fraction of sp³-hybridized carbons (Fsp3) is 0.235. The first kappa shape index (κ1) is 17.4. The van der Waals surface area contributed by atoms with E-state index in [4.69, 9.17) is 4.42 Å². The average Bonchev–Trinajstić information content (AvgIpc) is 3.28. The van der Waals surface area contributed by atoms with Crippen molar-refractivity contribution in [3.63, 3.8) is 0 Å². The number of nitrogens with zero attached hydrogens (tertiary/aromatic N) is 1. The number of carbonyl (C=O) groups excluding carboxylic acids is 2. The van der Waals surface area contributed by atoms with Gasteiger partial charge in [0, 0.05) is 5.38 Å². The molecule has 0 bridgehead atoms. The standard InChI is InChI=1S/C17H17N3O3S2/c1-10-5-6-13(23-10)11(2)18-15(21)8-12-9-25-17(19-12)20-16(22)14-4-3-7-24-14/h3-7,9,11H,8H2,1-2H3,(H,18,21)(H,19,20,22). The molecular weight excluding hydrogens is 358 g/mol. The molecule has 8 heteroatoms. The first-order chi connectivity index (χ1) is 12.0. The molecule has 1 unspecified atom stereocenters. The summed E-state index contributed by atoms with van der Waals surface area (Å²) < 4.78 is 5.50. The van der Waals surface area contributed by atoms with Crippen LogP contribution in [-0.4, -0.2) is 16.8 Å². The van der Waals surface area contributed by atoms with Crippen molar-refractivity contribution in [2.24, 2.45) is 0 Å². The second-order valence-electron chi connectivity index (χ2n) is 5.49. The largest absolute Gasteiger partial charge is 0.464 e. The van der Waals surface area contributed by atoms with Crippen LogP contribution < -0.4 is 10.6 Å². The minimum Gasteiger partial charge on any atom is -0.464 e. The van der Waals surface area contributed by atoms with E-state index in [2.05, 4.69) is 15.6 Å². The molecule has 0 saturated carbocycles. The van der Waals surface area contributed by atoms with Crippen molar-refractivity contribution in [2.75, 3.05) is 5.32 Å². The molecule has 25 heavy (non-hydrogen) atoms. The van der Waals surface area contributed by atoms with E-state index in [0.29, 0.717) is 21.5 Å². The van der Waals surface area contributed by atoms with Gasteiger partial charge in [-0.1, -0.05) is 6.07 Å². The molecule has 2 N–H and O–H groups in total. The highest BCUT2D eigenvalue weighted by Crippen LogP contribution is 2.19. The monoisotopic (exact) mass is 375 g/mol. The Kier molecular flexibility index (Phi) is 5.30. The summed E-state index contributed by atoms with van der Waals surface area (Å²) >= 11 is 2.66. The van der Waals surface area contributed by atoms with Gasteiger partial charge in [-0.2, -0.15) is 0 Å². The molecule has 1 atom stereocenters. The number of thiazole rings is 1. The molecule has 6 nitrogen and oxygen atoms in total. The first-order valence-corrected chi connectivity index (χ1v) is 9.42. The number of carbonyl (C=O) groups is 2. The van der Waals surface area contributed by atoms with Gasteiger partial charge in [0.05, 0.1) is 23.0 Å². The molecule has 0 fully saturated rings. The van der Waals surface area contributed by atoms with Crippen LogP contribution in [0.15, 0.2) is 39.4 Å². The van der Waals surface area contributed by atoms with Gasteiger partial charge in [-0.05, 0) is 37.4 Å². The minimum atomic E-state index is -0.210. The van der Waals surface area contributed by atoms with Crippen molar-refractivity contribution >= 4 is 39.6 Å². The van der Waals surface area contributed by atoms with Gasteiger partial charge in [-0.25, -0.2) is 4.98 Å². The van der Waals surface area contributed by atoms with E-state index < -0.39 is 0 Å². The Morgan fingerprint density at radius 1 is 1.28 bits per heavy atom. The molecule has 130 valence electrons. The van der Waals surface area contributed by atoms with Crippen LogP contribution in [0.4, 0.5) is 5.13 Å². The third kappa shape index (κ3) is 4.55. The highest BCUT2D eigenvalue weighted by molar-refractivity contribution is 7.14. The Morgan fingerprint density at radius 3 is 2.80 bits per heavy atom. The Hall–Kier alpha value is -2.45. The van der Waals surface area contributed by atoms with Gasteiger partial charge in [0.25, 0.3) is 5.91 Å². The smallest absolute Gasteiger partial charge is 0.267 e. The maximum absolute atomic E-state index is 12.1. The van der Waals surface area contributed by atoms with E-state index in [0.717, 1.165) is 5.76 Å². The van der Waals surface area contributed by atoms with Crippen LogP contribution in [0, 0.1) is 6.92 Å². The lowest BCUT2D eigenvalue weighted by Gasteiger charge is -2.10. The number of amides is 2. The predicted octanol–water partition coefficient (Wildman–Crippen LogP) is 3.78. The second-order valence-corrected chi connectivity index (χ2v) is 7.30. The lowest BCUT2D eigenvalue weighted by Crippen LogP contribution is -2.28. The van der Waals surface area contributed by atoms with Crippen LogP contribution in [-0.2, 0) is 11.2 Å². The third-order valence-electron chi connectivity index (χ3n) is 3.42. The van der Waals surface area contributed by atoms with E-state index in [1.54, 1.807) is 11.4 Å². The summed E-state index contributed by atoms with van der Waals surface area (Å²) in [6.07, 6.45) is 0.148. The second kappa shape index (κ2) is 7.62. The van der Waals surface area contributed by atoms with Gasteiger partial charge in [-0.3, -0.25) is 14.9 Å². The van der Waals surface area contributed by atoms with Gasteiger partial charge in [0.1, 0.15) is 11.5 Å². The number of hydrogen-bond acceptors (Lipinski definition) is 6. The number of rotatable bonds is 6. The summed E-state index contributed by atoms with van der Waals surface area (Å²) in [7, 11) is 0. The molecular formula is C17H17N3O3S2. The summed E-state index contributed by atoms with van der Waals surface area (Å²) in [5, 5.41) is 9.71. The summed E-state index contributed by atoms with van der Waals surface area (Å²) in [4.78, 5) is 29.0. The van der Waals surface area contributed by atoms with Gasteiger partial charge in [0.15, 0.2) is 5.13 Å². The number of hydrogen-bond donors (Lipinski definition) is 2. The van der Waals surface area contributed by atoms with Gasteiger partial charge in [0.2, 0.25) is 5.91 Å². The fourth-order valence-corrected chi connectivity index (χ4v) is 3.55. The fourth-order valence-electron chi connectivity index (χ4n) is 2.23. The molecule has 3 heterocycles. The van der Waals surface area contributed by atoms with Crippen LogP contribution >= 0.6 is 22.7 Å². The van der Waals surface area contributed by atoms with Crippen molar-refractivity contribution in [3.8, 4) is 0 Å². The summed E-state index contributed by atoms with van der Waals surface area (Å²) in [5.74, 6) is 1.18. The number of anilines is 1. The van der Waals surface area contributed by atoms with Crippen molar-refractivity contribution in [3.05, 3.63) is 57.1 Å². The van der Waals surface area contributed by atoms with Crippen molar-refractivity contribution in [1.29, 1.82) is 0 Å². The first-order valence-electron chi connectivity index (χ1n) is 7.66. The molecule has 0 aliphatic rings. The molecule has 2 amide bonds. The average molecular weight is 375 g/mol. The van der Waals surface area contributed by atoms with E-state index in [1.165, 1.54) is 22.7 Å². The zero-order valence-corrected chi connectivity index (χ0v) is 15.4. The molecule has 0 aromatic carbocycles. The molecule has 0 aliphatic carbocycles. The van der Waals surface area contributed by atoms with Gasteiger partial charge < -0.3 is 9.73 Å². The zero-order chi connectivity index (χ0) is 17.8. The minimum absolute atomic E-state index is 0.148. The topological polar surface area (TPSA) is 84.2 Å². The molecule has 0 radical (unpaired) electrons. The van der Waals surface area contributed by atoms with E-state index in [-0.39, 0.29) is 24.3 Å². The summed E-state index contributed by atoms with van der Waals surface area (Å²) in [5.41, 5.74) is 0.617. The lowest BCUT2D eigenvalue weighted by molar-refractivity contribution is -0.121. The van der Waals surface area contributed by atoms with Crippen molar-refractivity contribution in [2.45, 2.75) is 26.3 Å². The zero-order valence-electron chi connectivity index (χ0n) is 13.7. The van der Waals surface area contributed by atoms with Gasteiger partial charge >= 0.3 is 0 Å². The highest BCUT2D eigenvalue weighted by atomic mass is 32.1. The van der Waals surface area contributed by atoms with E-state index >= 15 is 0 Å². The van der Waals surface area contributed by atoms with Crippen LogP contribution in [0.25, 0.3) is 0 Å². The number of nitrogens with one attached hydrogen (secondary N) is 2. The van der Waals surface area contributed by atoms with Crippen LogP contribution in [0.1, 0.15) is 39.9 Å². The highest BCUT2D eigenvalue weighted by Gasteiger charge is 2.15. The number of thiophene rings is 1. The van der Waals surface area contributed by atoms with Crippen LogP contribution in [0.2, 0.25) is 0 Å². The van der Waals surface area contributed by atoms with Crippen molar-refractivity contribution in [1.82, 2.24) is 10.3 Å². The Morgan fingerprint density at radius 2 is 2.12 bits per heavy atom. The third-order valence-corrected chi connectivity index (χ3v) is 5.10.